The van der Waals surface area contributed by atoms with Crippen LogP contribution in [0.1, 0.15) is 35.3 Å². The number of pyridine rings is 1. The largest absolute Gasteiger partial charge is 0.497 e. The Morgan fingerprint density at radius 2 is 1.75 bits per heavy atom. The summed E-state index contributed by atoms with van der Waals surface area (Å²) in [5.41, 5.74) is 3.77. The second-order valence-corrected chi connectivity index (χ2v) is 7.68. The Labute approximate surface area is 187 Å². The summed E-state index contributed by atoms with van der Waals surface area (Å²) in [5.74, 6) is 1.41. The smallest absolute Gasteiger partial charge is 0.276 e. The topological polar surface area (TPSA) is 81.9 Å². The van der Waals surface area contributed by atoms with E-state index >= 15 is 0 Å². The monoisotopic (exact) mass is 433 g/mol. The molecule has 3 aromatic rings. The van der Waals surface area contributed by atoms with E-state index in [1.54, 1.807) is 19.4 Å². The van der Waals surface area contributed by atoms with E-state index in [9.17, 15) is 9.59 Å². The molecule has 1 aromatic heterocycles. The van der Waals surface area contributed by atoms with Crippen LogP contribution in [-0.2, 0) is 6.54 Å². The number of carbonyl (C=O) groups excluding carboxylic acids is 1. The maximum Gasteiger partial charge on any atom is 0.276 e. The number of methoxy groups -OCH3 is 1. The Kier molecular flexibility index (Phi) is 7.80. The molecule has 32 heavy (non-hydrogen) atoms. The number of nitrogens with zero attached hydrogens (tertiary/aromatic N) is 2. The van der Waals surface area contributed by atoms with Gasteiger partial charge in [0.1, 0.15) is 17.1 Å². The van der Waals surface area contributed by atoms with Crippen molar-refractivity contribution in [2.75, 3.05) is 13.7 Å². The van der Waals surface area contributed by atoms with Crippen molar-refractivity contribution >= 4 is 12.1 Å². The number of benzene rings is 2. The molecule has 0 spiro atoms. The Hall–Kier alpha value is -3.87. The van der Waals surface area contributed by atoms with E-state index in [2.05, 4.69) is 24.4 Å². The lowest BCUT2D eigenvalue weighted by molar-refractivity contribution is 0.0953. The van der Waals surface area contributed by atoms with Crippen LogP contribution in [0.3, 0.4) is 0 Å². The van der Waals surface area contributed by atoms with E-state index in [1.807, 2.05) is 48.5 Å². The number of nitrogens with one attached hydrogen (secondary N) is 1. The average Bonchev–Trinajstić information content (AvgIpc) is 2.80. The van der Waals surface area contributed by atoms with Gasteiger partial charge in [-0.2, -0.15) is 5.10 Å². The third-order valence-electron chi connectivity index (χ3n) is 4.62. The highest BCUT2D eigenvalue weighted by Crippen LogP contribution is 2.13. The number of hydrogen-bond donors (Lipinski definition) is 1. The van der Waals surface area contributed by atoms with Crippen LogP contribution in [0.25, 0.3) is 0 Å². The standard InChI is InChI=1S/C25H27N3O4/c1-18(2)17-32-22-12-6-19(7-13-22)15-26-27-24(29)23-5-4-14-28(25(23)30)16-20-8-10-21(31-3)11-9-20/h4-15,18H,16-17H2,1-3H3,(H,27,29)/b26-15-. The molecule has 0 saturated carbocycles. The number of hydrogen-bond acceptors (Lipinski definition) is 5. The van der Waals surface area contributed by atoms with Crippen molar-refractivity contribution in [2.45, 2.75) is 20.4 Å². The third-order valence-corrected chi connectivity index (χ3v) is 4.62. The van der Waals surface area contributed by atoms with Crippen LogP contribution in [0.5, 0.6) is 11.5 Å². The molecular formula is C25H27N3O4. The van der Waals surface area contributed by atoms with Crippen LogP contribution in [0.2, 0.25) is 0 Å². The molecule has 0 unspecified atom stereocenters. The molecule has 0 aliphatic rings. The molecule has 0 radical (unpaired) electrons. The van der Waals surface area contributed by atoms with Crippen LogP contribution in [-0.4, -0.2) is 30.4 Å². The molecule has 2 aromatic carbocycles. The lowest BCUT2D eigenvalue weighted by Crippen LogP contribution is -2.30. The molecule has 0 aliphatic carbocycles. The van der Waals surface area contributed by atoms with Crippen molar-refractivity contribution in [1.82, 2.24) is 9.99 Å². The maximum atomic E-state index is 12.7. The number of hydrazone groups is 1. The highest BCUT2D eigenvalue weighted by atomic mass is 16.5. The van der Waals surface area contributed by atoms with Gasteiger partial charge in [-0.3, -0.25) is 9.59 Å². The fourth-order valence-electron chi connectivity index (χ4n) is 2.90. The summed E-state index contributed by atoms with van der Waals surface area (Å²) >= 11 is 0. The first-order chi connectivity index (χ1) is 15.5. The summed E-state index contributed by atoms with van der Waals surface area (Å²) in [4.78, 5) is 25.2. The lowest BCUT2D eigenvalue weighted by atomic mass is 10.2. The van der Waals surface area contributed by atoms with Crippen molar-refractivity contribution in [3.05, 3.63) is 93.9 Å². The normalized spacial score (nSPS) is 11.0. The van der Waals surface area contributed by atoms with Crippen molar-refractivity contribution in [3.63, 3.8) is 0 Å². The predicted molar refractivity (Wildman–Crippen MR) is 125 cm³/mol. The number of ether oxygens (including phenoxy) is 2. The van der Waals surface area contributed by atoms with Gasteiger partial charge in [-0.15, -0.1) is 0 Å². The molecule has 0 bridgehead atoms. The van der Waals surface area contributed by atoms with Gasteiger partial charge in [0, 0.05) is 6.20 Å². The molecule has 0 saturated heterocycles. The molecule has 166 valence electrons. The van der Waals surface area contributed by atoms with Gasteiger partial charge in [0.2, 0.25) is 0 Å². The highest BCUT2D eigenvalue weighted by molar-refractivity contribution is 5.94. The van der Waals surface area contributed by atoms with Crippen LogP contribution in [0, 0.1) is 5.92 Å². The zero-order chi connectivity index (χ0) is 22.9. The van der Waals surface area contributed by atoms with Gasteiger partial charge in [-0.1, -0.05) is 26.0 Å². The number of carbonyl (C=O) groups is 1. The minimum atomic E-state index is -0.563. The molecule has 7 heteroatoms. The van der Waals surface area contributed by atoms with Gasteiger partial charge < -0.3 is 14.0 Å². The van der Waals surface area contributed by atoms with E-state index in [1.165, 1.54) is 16.8 Å². The van der Waals surface area contributed by atoms with Crippen molar-refractivity contribution in [2.24, 2.45) is 11.0 Å². The second kappa shape index (κ2) is 10.9. The van der Waals surface area contributed by atoms with Gasteiger partial charge >= 0.3 is 0 Å². The van der Waals surface area contributed by atoms with E-state index in [-0.39, 0.29) is 11.1 Å². The zero-order valence-electron chi connectivity index (χ0n) is 18.4. The number of rotatable bonds is 9. The van der Waals surface area contributed by atoms with Crippen molar-refractivity contribution in [1.29, 1.82) is 0 Å². The minimum absolute atomic E-state index is 0.0237. The fraction of sp³-hybridized carbons (Fsp3) is 0.240. The third kappa shape index (κ3) is 6.31. The summed E-state index contributed by atoms with van der Waals surface area (Å²) in [6, 6.07) is 17.9. The molecule has 1 N–H and O–H groups in total. The summed E-state index contributed by atoms with van der Waals surface area (Å²) in [6.45, 7) is 5.17. The van der Waals surface area contributed by atoms with Crippen LogP contribution >= 0.6 is 0 Å². The van der Waals surface area contributed by atoms with Gasteiger partial charge in [-0.25, -0.2) is 5.43 Å². The number of amides is 1. The van der Waals surface area contributed by atoms with E-state index in [0.29, 0.717) is 19.1 Å². The molecule has 7 nitrogen and oxygen atoms in total. The Morgan fingerprint density at radius 1 is 1.06 bits per heavy atom. The summed E-state index contributed by atoms with van der Waals surface area (Å²) in [5, 5.41) is 3.97. The Bertz CT molecular complexity index is 1120. The first kappa shape index (κ1) is 22.8. The molecule has 0 atom stereocenters. The van der Waals surface area contributed by atoms with E-state index in [4.69, 9.17) is 9.47 Å². The van der Waals surface area contributed by atoms with Crippen molar-refractivity contribution in [3.8, 4) is 11.5 Å². The maximum absolute atomic E-state index is 12.7. The van der Waals surface area contributed by atoms with E-state index < -0.39 is 5.91 Å². The molecule has 1 heterocycles. The lowest BCUT2D eigenvalue weighted by Gasteiger charge is -2.09. The molecule has 0 aliphatic heterocycles. The first-order valence-electron chi connectivity index (χ1n) is 10.3. The summed E-state index contributed by atoms with van der Waals surface area (Å²) in [6.07, 6.45) is 3.17. The van der Waals surface area contributed by atoms with Crippen LogP contribution in [0.15, 0.2) is 76.8 Å². The average molecular weight is 434 g/mol. The molecular weight excluding hydrogens is 406 g/mol. The molecule has 0 fully saturated rings. The fourth-order valence-corrected chi connectivity index (χ4v) is 2.90. The van der Waals surface area contributed by atoms with Crippen LogP contribution in [0.4, 0.5) is 0 Å². The Balaban J connectivity index is 1.62. The molecule has 1 amide bonds. The minimum Gasteiger partial charge on any atom is -0.497 e. The van der Waals surface area contributed by atoms with E-state index in [0.717, 1.165) is 22.6 Å². The van der Waals surface area contributed by atoms with Gasteiger partial charge in [0.15, 0.2) is 0 Å². The first-order valence-corrected chi connectivity index (χ1v) is 10.3. The summed E-state index contributed by atoms with van der Waals surface area (Å²) < 4.78 is 12.3. The zero-order valence-corrected chi connectivity index (χ0v) is 18.4. The van der Waals surface area contributed by atoms with Crippen LogP contribution < -0.4 is 20.5 Å². The van der Waals surface area contributed by atoms with Gasteiger partial charge in [0.25, 0.3) is 11.5 Å². The van der Waals surface area contributed by atoms with Crippen molar-refractivity contribution < 1.29 is 14.3 Å². The highest BCUT2D eigenvalue weighted by Gasteiger charge is 2.11. The number of aromatic nitrogens is 1. The quantitative estimate of drug-likeness (QED) is 0.412. The predicted octanol–water partition coefficient (Wildman–Crippen LogP) is 3.70. The molecule has 3 rings (SSSR count). The SMILES string of the molecule is COc1ccc(Cn2cccc(C(=O)N/N=C\c3ccc(OCC(C)C)cc3)c2=O)cc1. The van der Waals surface area contributed by atoms with Gasteiger partial charge in [0.05, 0.1) is 26.5 Å². The summed E-state index contributed by atoms with van der Waals surface area (Å²) in [7, 11) is 1.60. The second-order valence-electron chi connectivity index (χ2n) is 7.68. The van der Waals surface area contributed by atoms with Gasteiger partial charge in [-0.05, 0) is 65.6 Å². The Morgan fingerprint density at radius 3 is 2.41 bits per heavy atom.